The van der Waals surface area contributed by atoms with E-state index in [9.17, 15) is 0 Å². The Bertz CT molecular complexity index is 396. The lowest BCUT2D eigenvalue weighted by molar-refractivity contribution is 0.154. The Kier molecular flexibility index (Phi) is 4.60. The molecule has 2 aliphatic heterocycles. The third kappa shape index (κ3) is 2.85. The van der Waals surface area contributed by atoms with E-state index < -0.39 is 0 Å². The molecule has 1 aromatic rings. The van der Waals surface area contributed by atoms with Crippen molar-refractivity contribution in [3.63, 3.8) is 0 Å². The lowest BCUT2D eigenvalue weighted by atomic mass is 9.93. The minimum atomic E-state index is 0. The number of piperidine rings is 1. The van der Waals surface area contributed by atoms with Crippen LogP contribution < -0.4 is 5.32 Å². The molecule has 0 bridgehead atoms. The van der Waals surface area contributed by atoms with Crippen molar-refractivity contribution in [3.8, 4) is 0 Å². The van der Waals surface area contributed by atoms with E-state index in [1.807, 2.05) is 12.3 Å². The van der Waals surface area contributed by atoms with E-state index in [0.29, 0.717) is 0 Å². The van der Waals surface area contributed by atoms with Gasteiger partial charge < -0.3 is 5.32 Å². The molecule has 2 atom stereocenters. The van der Waals surface area contributed by atoms with E-state index in [4.69, 9.17) is 0 Å². The van der Waals surface area contributed by atoms with Crippen molar-refractivity contribution in [2.75, 3.05) is 19.6 Å². The molecule has 0 aliphatic carbocycles. The highest BCUT2D eigenvalue weighted by molar-refractivity contribution is 5.85. The molecule has 2 unspecified atom stereocenters. The maximum Gasteiger partial charge on any atom is 0.0573 e. The van der Waals surface area contributed by atoms with Gasteiger partial charge in [-0.3, -0.25) is 9.88 Å². The Morgan fingerprint density at radius 3 is 3.17 bits per heavy atom. The fourth-order valence-electron chi connectivity index (χ4n) is 3.16. The lowest BCUT2D eigenvalue weighted by Gasteiger charge is -2.34. The number of hydrogen-bond acceptors (Lipinski definition) is 3. The van der Waals surface area contributed by atoms with Crippen molar-refractivity contribution in [2.24, 2.45) is 5.92 Å². The van der Waals surface area contributed by atoms with Crippen LogP contribution in [0.15, 0.2) is 18.3 Å². The Morgan fingerprint density at radius 1 is 1.44 bits per heavy atom. The van der Waals surface area contributed by atoms with Gasteiger partial charge in [0, 0.05) is 31.9 Å². The maximum absolute atomic E-state index is 4.50. The summed E-state index contributed by atoms with van der Waals surface area (Å²) >= 11 is 0. The average molecular weight is 268 g/mol. The van der Waals surface area contributed by atoms with Gasteiger partial charge in [0.2, 0.25) is 0 Å². The molecular weight excluding hydrogens is 246 g/mol. The number of pyridine rings is 1. The van der Waals surface area contributed by atoms with Gasteiger partial charge in [0.1, 0.15) is 0 Å². The quantitative estimate of drug-likeness (QED) is 0.888. The van der Waals surface area contributed by atoms with Crippen molar-refractivity contribution < 1.29 is 0 Å². The van der Waals surface area contributed by atoms with Crippen molar-refractivity contribution in [2.45, 2.75) is 32.4 Å². The number of fused-ring (bicyclic) bond motifs is 1. The Morgan fingerprint density at radius 2 is 2.33 bits per heavy atom. The van der Waals surface area contributed by atoms with Crippen LogP contribution in [0.5, 0.6) is 0 Å². The van der Waals surface area contributed by atoms with Crippen LogP contribution in [0, 0.1) is 12.8 Å². The summed E-state index contributed by atoms with van der Waals surface area (Å²) in [4.78, 5) is 7.07. The van der Waals surface area contributed by atoms with E-state index in [1.165, 1.54) is 43.7 Å². The van der Waals surface area contributed by atoms with E-state index >= 15 is 0 Å². The van der Waals surface area contributed by atoms with Gasteiger partial charge in [-0.1, -0.05) is 6.07 Å². The molecule has 0 aromatic carbocycles. The summed E-state index contributed by atoms with van der Waals surface area (Å²) in [6.07, 6.45) is 4.56. The molecule has 1 aromatic heterocycles. The van der Waals surface area contributed by atoms with E-state index in [-0.39, 0.29) is 12.4 Å². The summed E-state index contributed by atoms with van der Waals surface area (Å²) in [7, 11) is 0. The molecule has 3 heterocycles. The predicted molar refractivity (Wildman–Crippen MR) is 76.0 cm³/mol. The molecular formula is C14H22ClN3. The molecule has 0 spiro atoms. The van der Waals surface area contributed by atoms with Gasteiger partial charge in [-0.15, -0.1) is 12.4 Å². The minimum absolute atomic E-state index is 0. The van der Waals surface area contributed by atoms with Gasteiger partial charge in [0.15, 0.2) is 0 Å². The van der Waals surface area contributed by atoms with Crippen LogP contribution in [0.4, 0.5) is 0 Å². The summed E-state index contributed by atoms with van der Waals surface area (Å²) in [6.45, 7) is 6.85. The highest BCUT2D eigenvalue weighted by Gasteiger charge is 2.32. The number of hydrogen-bond donors (Lipinski definition) is 1. The molecule has 0 saturated carbocycles. The highest BCUT2D eigenvalue weighted by Crippen LogP contribution is 2.25. The summed E-state index contributed by atoms with van der Waals surface area (Å²) in [5, 5.41) is 3.61. The highest BCUT2D eigenvalue weighted by atomic mass is 35.5. The van der Waals surface area contributed by atoms with Crippen LogP contribution in [0.1, 0.15) is 24.1 Å². The van der Waals surface area contributed by atoms with Crippen molar-refractivity contribution in [1.29, 1.82) is 0 Å². The van der Waals surface area contributed by atoms with Crippen LogP contribution in [0.2, 0.25) is 0 Å². The minimum Gasteiger partial charge on any atom is -0.314 e. The normalized spacial score (nSPS) is 27.6. The first-order valence-electron chi connectivity index (χ1n) is 6.69. The number of aryl methyl sites for hydroxylation is 1. The average Bonchev–Trinajstić information content (AvgIpc) is 2.79. The first-order valence-corrected chi connectivity index (χ1v) is 6.69. The number of nitrogens with zero attached hydrogens (tertiary/aromatic N) is 2. The first-order chi connectivity index (χ1) is 8.33. The van der Waals surface area contributed by atoms with Crippen LogP contribution in [0.3, 0.4) is 0 Å². The molecule has 0 amide bonds. The van der Waals surface area contributed by atoms with Crippen LogP contribution in [0.25, 0.3) is 0 Å². The topological polar surface area (TPSA) is 28.2 Å². The maximum atomic E-state index is 4.50. The molecule has 1 N–H and O–H groups in total. The van der Waals surface area contributed by atoms with Crippen molar-refractivity contribution in [1.82, 2.24) is 15.2 Å². The summed E-state index contributed by atoms with van der Waals surface area (Å²) in [5.74, 6) is 0.868. The molecule has 4 heteroatoms. The third-order valence-electron chi connectivity index (χ3n) is 4.23. The number of likely N-dealkylation sites (tertiary alicyclic amines) is 1. The van der Waals surface area contributed by atoms with Gasteiger partial charge in [-0.2, -0.15) is 0 Å². The molecule has 100 valence electrons. The van der Waals surface area contributed by atoms with Gasteiger partial charge in [-0.25, -0.2) is 0 Å². The lowest BCUT2D eigenvalue weighted by Crippen LogP contribution is -2.44. The Balaban J connectivity index is 0.00000120. The van der Waals surface area contributed by atoms with Crippen LogP contribution >= 0.6 is 12.4 Å². The van der Waals surface area contributed by atoms with Crippen molar-refractivity contribution in [3.05, 3.63) is 29.6 Å². The number of halogens is 1. The van der Waals surface area contributed by atoms with Crippen LogP contribution in [-0.2, 0) is 6.54 Å². The fraction of sp³-hybridized carbons (Fsp3) is 0.643. The largest absolute Gasteiger partial charge is 0.314 e. The first kappa shape index (κ1) is 13.8. The SMILES string of the molecule is Cc1cccnc1CN1CCC2NCCC2C1.Cl. The zero-order valence-electron chi connectivity index (χ0n) is 10.9. The van der Waals surface area contributed by atoms with Gasteiger partial charge in [-0.05, 0) is 43.9 Å². The number of aromatic nitrogens is 1. The standard InChI is InChI=1S/C14H21N3.ClH/c1-11-3-2-6-15-14(11)10-17-8-5-13-12(9-17)4-7-16-13;/h2-3,6,12-13,16H,4-5,7-10H2,1H3;1H. The Hall–Kier alpha value is -0.640. The fourth-order valence-corrected chi connectivity index (χ4v) is 3.16. The van der Waals surface area contributed by atoms with Gasteiger partial charge in [0.25, 0.3) is 0 Å². The zero-order valence-corrected chi connectivity index (χ0v) is 11.7. The monoisotopic (exact) mass is 267 g/mol. The number of rotatable bonds is 2. The summed E-state index contributed by atoms with van der Waals surface area (Å²) < 4.78 is 0. The number of nitrogens with one attached hydrogen (secondary N) is 1. The second kappa shape index (κ2) is 6.00. The summed E-state index contributed by atoms with van der Waals surface area (Å²) in [6, 6.07) is 4.97. The molecule has 2 saturated heterocycles. The van der Waals surface area contributed by atoms with Gasteiger partial charge >= 0.3 is 0 Å². The van der Waals surface area contributed by atoms with Crippen molar-refractivity contribution >= 4 is 12.4 Å². The molecule has 3 nitrogen and oxygen atoms in total. The second-order valence-corrected chi connectivity index (χ2v) is 5.40. The smallest absolute Gasteiger partial charge is 0.0573 e. The van der Waals surface area contributed by atoms with E-state index in [2.05, 4.69) is 28.2 Å². The Labute approximate surface area is 115 Å². The van der Waals surface area contributed by atoms with Gasteiger partial charge in [0.05, 0.1) is 5.69 Å². The molecule has 3 rings (SSSR count). The molecule has 0 radical (unpaired) electrons. The van der Waals surface area contributed by atoms with E-state index in [0.717, 1.165) is 18.5 Å². The van der Waals surface area contributed by atoms with Crippen LogP contribution in [-0.4, -0.2) is 35.6 Å². The molecule has 2 fully saturated rings. The molecule has 18 heavy (non-hydrogen) atoms. The predicted octanol–water partition coefficient (Wildman–Crippen LogP) is 2.00. The second-order valence-electron chi connectivity index (χ2n) is 5.40. The summed E-state index contributed by atoms with van der Waals surface area (Å²) in [5.41, 5.74) is 2.57. The molecule has 2 aliphatic rings. The third-order valence-corrected chi connectivity index (χ3v) is 4.23. The van der Waals surface area contributed by atoms with E-state index in [1.54, 1.807) is 0 Å². The zero-order chi connectivity index (χ0) is 11.7.